The van der Waals surface area contributed by atoms with Gasteiger partial charge in [0.2, 0.25) is 11.9 Å². The smallest absolute Gasteiger partial charge is 0.233 e. The summed E-state index contributed by atoms with van der Waals surface area (Å²) in [5.41, 5.74) is 0. The minimum Gasteiger partial charge on any atom is -0.378 e. The monoisotopic (exact) mass is 435 g/mol. The van der Waals surface area contributed by atoms with E-state index in [1.165, 1.54) is 64.2 Å². The molecule has 30 heavy (non-hydrogen) atoms. The molecule has 0 radical (unpaired) electrons. The molecule has 7 nitrogen and oxygen atoms in total. The molecular formula is C22H37N5O2S. The molecule has 0 atom stereocenters. The first-order valence-corrected chi connectivity index (χ1v) is 13.0. The highest BCUT2D eigenvalue weighted by atomic mass is 32.2. The van der Waals surface area contributed by atoms with Gasteiger partial charge in [-0.15, -0.1) is 10.2 Å². The number of rotatable bonds is 7. The van der Waals surface area contributed by atoms with Crippen molar-refractivity contribution in [3.8, 4) is 0 Å². The number of hydrogen-bond donors (Lipinski definition) is 0. The number of amides is 1. The van der Waals surface area contributed by atoms with Crippen LogP contribution in [0.2, 0.25) is 0 Å². The van der Waals surface area contributed by atoms with Gasteiger partial charge in [0.15, 0.2) is 5.16 Å². The van der Waals surface area contributed by atoms with E-state index in [0.717, 1.165) is 44.0 Å². The van der Waals surface area contributed by atoms with Gasteiger partial charge in [-0.05, 0) is 32.6 Å². The highest BCUT2D eigenvalue weighted by Gasteiger charge is 2.32. The third kappa shape index (κ3) is 5.13. The van der Waals surface area contributed by atoms with Crippen LogP contribution in [0.15, 0.2) is 5.16 Å². The highest BCUT2D eigenvalue weighted by molar-refractivity contribution is 7.99. The van der Waals surface area contributed by atoms with E-state index in [-0.39, 0.29) is 0 Å². The molecule has 2 saturated carbocycles. The van der Waals surface area contributed by atoms with Crippen LogP contribution in [0.3, 0.4) is 0 Å². The van der Waals surface area contributed by atoms with Gasteiger partial charge < -0.3 is 14.5 Å². The van der Waals surface area contributed by atoms with Crippen molar-refractivity contribution in [2.75, 3.05) is 37.0 Å². The number of carbonyl (C=O) groups is 1. The minimum absolute atomic E-state index is 0.303. The van der Waals surface area contributed by atoms with Crippen molar-refractivity contribution >= 4 is 23.6 Å². The zero-order valence-corrected chi connectivity index (χ0v) is 19.2. The third-order valence-electron chi connectivity index (χ3n) is 6.86. The molecule has 1 saturated heterocycles. The van der Waals surface area contributed by atoms with Crippen LogP contribution in [0.1, 0.15) is 71.1 Å². The van der Waals surface area contributed by atoms with Crippen molar-refractivity contribution in [2.45, 2.75) is 94.9 Å². The number of nitrogens with zero attached hydrogens (tertiary/aromatic N) is 5. The summed E-state index contributed by atoms with van der Waals surface area (Å²) in [4.78, 5) is 18.0. The Morgan fingerprint density at radius 3 is 2.17 bits per heavy atom. The Labute approximate surface area is 184 Å². The Kier molecular flexibility index (Phi) is 7.93. The largest absolute Gasteiger partial charge is 0.378 e. The lowest BCUT2D eigenvalue weighted by molar-refractivity contribution is -0.135. The van der Waals surface area contributed by atoms with Crippen molar-refractivity contribution in [1.29, 1.82) is 0 Å². The summed E-state index contributed by atoms with van der Waals surface area (Å²) < 4.78 is 7.62. The molecule has 2 aliphatic carbocycles. The molecule has 2 heterocycles. The van der Waals surface area contributed by atoms with Crippen molar-refractivity contribution in [2.24, 2.45) is 0 Å². The molecule has 1 aromatic heterocycles. The molecule has 0 spiro atoms. The number of morpholine rings is 1. The number of hydrogen-bond acceptors (Lipinski definition) is 6. The second-order valence-corrected chi connectivity index (χ2v) is 9.74. The Bertz CT molecular complexity index is 661. The van der Waals surface area contributed by atoms with Crippen molar-refractivity contribution < 1.29 is 9.53 Å². The van der Waals surface area contributed by atoms with Gasteiger partial charge in [-0.3, -0.25) is 9.36 Å². The second-order valence-electron chi connectivity index (χ2n) is 8.80. The van der Waals surface area contributed by atoms with Crippen LogP contribution in [-0.4, -0.2) is 69.7 Å². The van der Waals surface area contributed by atoms with Crippen molar-refractivity contribution in [3.05, 3.63) is 0 Å². The summed E-state index contributed by atoms with van der Waals surface area (Å²) in [6, 6.07) is 0.894. The number of anilines is 1. The zero-order valence-electron chi connectivity index (χ0n) is 18.4. The number of aromatic nitrogens is 3. The predicted octanol–water partition coefficient (Wildman–Crippen LogP) is 3.72. The molecule has 1 aromatic rings. The Hall–Kier alpha value is -1.28. The highest BCUT2D eigenvalue weighted by Crippen LogP contribution is 2.31. The maximum absolute atomic E-state index is 13.4. The quantitative estimate of drug-likeness (QED) is 0.608. The molecule has 1 amide bonds. The molecule has 0 bridgehead atoms. The summed E-state index contributed by atoms with van der Waals surface area (Å²) in [6.07, 6.45) is 12.4. The molecule has 1 aliphatic heterocycles. The fourth-order valence-corrected chi connectivity index (χ4v) is 6.15. The van der Waals surface area contributed by atoms with Crippen LogP contribution in [0, 0.1) is 0 Å². The van der Waals surface area contributed by atoms with Gasteiger partial charge in [0.25, 0.3) is 0 Å². The molecule has 4 rings (SSSR count). The summed E-state index contributed by atoms with van der Waals surface area (Å²) >= 11 is 1.56. The molecule has 3 aliphatic rings. The van der Waals surface area contributed by atoms with Gasteiger partial charge >= 0.3 is 0 Å². The number of carbonyl (C=O) groups excluding carboxylic acids is 1. The van der Waals surface area contributed by atoms with Crippen molar-refractivity contribution in [1.82, 2.24) is 19.7 Å². The van der Waals surface area contributed by atoms with E-state index in [4.69, 9.17) is 4.74 Å². The summed E-state index contributed by atoms with van der Waals surface area (Å²) in [6.45, 7) is 6.09. The van der Waals surface area contributed by atoms with E-state index in [2.05, 4.69) is 31.5 Å². The molecule has 3 fully saturated rings. The van der Waals surface area contributed by atoms with E-state index < -0.39 is 0 Å². The second kappa shape index (κ2) is 10.8. The lowest BCUT2D eigenvalue weighted by Crippen LogP contribution is -2.49. The average molecular weight is 436 g/mol. The van der Waals surface area contributed by atoms with Gasteiger partial charge in [-0.25, -0.2) is 0 Å². The lowest BCUT2D eigenvalue weighted by Gasteiger charge is -2.41. The fraction of sp³-hybridized carbons (Fsp3) is 0.864. The minimum atomic E-state index is 0.303. The van der Waals surface area contributed by atoms with Crippen molar-refractivity contribution in [3.63, 3.8) is 0 Å². The predicted molar refractivity (Wildman–Crippen MR) is 120 cm³/mol. The Morgan fingerprint density at radius 2 is 1.60 bits per heavy atom. The van der Waals surface area contributed by atoms with Gasteiger partial charge in [-0.1, -0.05) is 50.3 Å². The maximum Gasteiger partial charge on any atom is 0.233 e. The summed E-state index contributed by atoms with van der Waals surface area (Å²) in [7, 11) is 0. The SMILES string of the molecule is CCn1c(SCC(=O)N(C2CCCCC2)C2CCCCC2)nnc1N1CCOCC1. The van der Waals surface area contributed by atoms with E-state index in [9.17, 15) is 4.79 Å². The summed E-state index contributed by atoms with van der Waals surface area (Å²) in [5, 5.41) is 9.75. The van der Waals surface area contributed by atoms with Crippen LogP contribution in [-0.2, 0) is 16.1 Å². The zero-order chi connectivity index (χ0) is 20.8. The molecule has 0 N–H and O–H groups in total. The molecule has 0 aromatic carbocycles. The Balaban J connectivity index is 1.43. The molecular weight excluding hydrogens is 398 g/mol. The van der Waals surface area contributed by atoms with Gasteiger partial charge in [-0.2, -0.15) is 0 Å². The van der Waals surface area contributed by atoms with E-state index in [0.29, 0.717) is 23.7 Å². The van der Waals surface area contributed by atoms with Crippen LogP contribution >= 0.6 is 11.8 Å². The standard InChI is InChI=1S/C22H37N5O2S/c1-2-26-21(25-13-15-29-16-14-25)23-24-22(26)30-17-20(28)27(18-9-5-3-6-10-18)19-11-7-4-8-12-19/h18-19H,2-17H2,1H3. The first kappa shape index (κ1) is 21.9. The first-order valence-electron chi connectivity index (χ1n) is 12.0. The molecule has 168 valence electrons. The molecule has 8 heteroatoms. The Morgan fingerprint density at radius 1 is 1.00 bits per heavy atom. The van der Waals surface area contributed by atoms with Crippen LogP contribution in [0.4, 0.5) is 5.95 Å². The van der Waals surface area contributed by atoms with E-state index >= 15 is 0 Å². The van der Waals surface area contributed by atoms with Gasteiger partial charge in [0, 0.05) is 31.7 Å². The first-order chi connectivity index (χ1) is 14.8. The van der Waals surface area contributed by atoms with E-state index in [1.807, 2.05) is 0 Å². The molecule has 0 unspecified atom stereocenters. The fourth-order valence-electron chi connectivity index (χ4n) is 5.29. The van der Waals surface area contributed by atoms with Gasteiger partial charge in [0.05, 0.1) is 19.0 Å². The van der Waals surface area contributed by atoms with Crippen LogP contribution in [0.25, 0.3) is 0 Å². The number of thioether (sulfide) groups is 1. The number of ether oxygens (including phenoxy) is 1. The average Bonchev–Trinajstić information content (AvgIpc) is 3.23. The van der Waals surface area contributed by atoms with E-state index in [1.54, 1.807) is 11.8 Å². The summed E-state index contributed by atoms with van der Waals surface area (Å²) in [5.74, 6) is 1.68. The third-order valence-corrected chi connectivity index (χ3v) is 7.81. The topological polar surface area (TPSA) is 63.5 Å². The van der Waals surface area contributed by atoms with Gasteiger partial charge in [0.1, 0.15) is 0 Å². The van der Waals surface area contributed by atoms with Crippen LogP contribution in [0.5, 0.6) is 0 Å². The normalized spacial score (nSPS) is 21.7. The maximum atomic E-state index is 13.4. The van der Waals surface area contributed by atoms with Crippen LogP contribution < -0.4 is 4.90 Å². The lowest BCUT2D eigenvalue weighted by atomic mass is 9.88.